The van der Waals surface area contributed by atoms with E-state index in [-0.39, 0.29) is 5.75 Å². The summed E-state index contributed by atoms with van der Waals surface area (Å²) in [5, 5.41) is 7.37. The SMILES string of the molecule is CCc1cnc(CCNC(=NC)NCc2cc(Br)ccc2OC(F)F)s1. The first-order valence-electron chi connectivity index (χ1n) is 8.13. The first kappa shape index (κ1) is 20.6. The molecule has 0 aliphatic carbocycles. The molecule has 5 nitrogen and oxygen atoms in total. The molecular weight excluding hydrogens is 426 g/mol. The number of hydrogen-bond acceptors (Lipinski definition) is 4. The molecule has 0 spiro atoms. The van der Waals surface area contributed by atoms with Gasteiger partial charge in [0.15, 0.2) is 5.96 Å². The maximum Gasteiger partial charge on any atom is 0.387 e. The van der Waals surface area contributed by atoms with Crippen LogP contribution >= 0.6 is 27.3 Å². The number of rotatable bonds is 8. The lowest BCUT2D eigenvalue weighted by Crippen LogP contribution is -2.38. The van der Waals surface area contributed by atoms with Crippen LogP contribution in [0.2, 0.25) is 0 Å². The summed E-state index contributed by atoms with van der Waals surface area (Å²) in [6.07, 6.45) is 3.69. The Morgan fingerprint density at radius 1 is 1.38 bits per heavy atom. The number of alkyl halides is 2. The number of ether oxygens (including phenoxy) is 1. The van der Waals surface area contributed by atoms with Crippen molar-refractivity contribution in [3.63, 3.8) is 0 Å². The van der Waals surface area contributed by atoms with Crippen molar-refractivity contribution in [3.05, 3.63) is 44.3 Å². The number of aryl methyl sites for hydroxylation is 1. The minimum Gasteiger partial charge on any atom is -0.434 e. The lowest BCUT2D eigenvalue weighted by Gasteiger charge is -2.14. The van der Waals surface area contributed by atoms with Crippen LogP contribution in [0.3, 0.4) is 0 Å². The number of nitrogens with zero attached hydrogens (tertiary/aromatic N) is 2. The third-order valence-corrected chi connectivity index (χ3v) is 5.18. The molecule has 1 heterocycles. The molecule has 0 amide bonds. The molecule has 0 bridgehead atoms. The highest BCUT2D eigenvalue weighted by molar-refractivity contribution is 9.10. The minimum absolute atomic E-state index is 0.140. The zero-order chi connectivity index (χ0) is 18.9. The van der Waals surface area contributed by atoms with E-state index >= 15 is 0 Å². The van der Waals surface area contributed by atoms with Gasteiger partial charge in [-0.25, -0.2) is 4.98 Å². The Hall–Kier alpha value is -1.74. The average Bonchev–Trinajstić information content (AvgIpc) is 3.07. The molecule has 0 radical (unpaired) electrons. The molecule has 2 rings (SSSR count). The normalized spacial score (nSPS) is 11.7. The van der Waals surface area contributed by atoms with E-state index in [1.54, 1.807) is 30.5 Å². The van der Waals surface area contributed by atoms with Crippen molar-refractivity contribution in [2.45, 2.75) is 32.9 Å². The molecule has 142 valence electrons. The molecule has 26 heavy (non-hydrogen) atoms. The van der Waals surface area contributed by atoms with Gasteiger partial charge in [0.1, 0.15) is 5.75 Å². The van der Waals surface area contributed by atoms with Crippen LogP contribution in [0, 0.1) is 0 Å². The first-order chi connectivity index (χ1) is 12.5. The average molecular weight is 447 g/mol. The number of aliphatic imine (C=N–C) groups is 1. The summed E-state index contributed by atoms with van der Waals surface area (Å²) < 4.78 is 30.4. The van der Waals surface area contributed by atoms with Gasteiger partial charge in [0, 0.05) is 47.7 Å². The van der Waals surface area contributed by atoms with Gasteiger partial charge in [0.05, 0.1) is 5.01 Å². The Morgan fingerprint density at radius 3 is 2.85 bits per heavy atom. The molecule has 0 saturated heterocycles. The number of hydrogen-bond donors (Lipinski definition) is 2. The van der Waals surface area contributed by atoms with Crippen LogP contribution in [0.25, 0.3) is 0 Å². The van der Waals surface area contributed by atoms with Crippen molar-refractivity contribution >= 4 is 33.2 Å². The van der Waals surface area contributed by atoms with Crippen LogP contribution in [0.5, 0.6) is 5.75 Å². The van der Waals surface area contributed by atoms with Crippen molar-refractivity contribution in [2.75, 3.05) is 13.6 Å². The Labute approximate surface area is 164 Å². The molecule has 1 aromatic carbocycles. The summed E-state index contributed by atoms with van der Waals surface area (Å²) in [6.45, 7) is 0.224. The van der Waals surface area contributed by atoms with Gasteiger partial charge in [-0.15, -0.1) is 11.3 Å². The third kappa shape index (κ3) is 6.53. The van der Waals surface area contributed by atoms with Gasteiger partial charge in [-0.2, -0.15) is 8.78 Å². The van der Waals surface area contributed by atoms with Gasteiger partial charge in [0.2, 0.25) is 0 Å². The second-order valence-corrected chi connectivity index (χ2v) is 7.42. The van der Waals surface area contributed by atoms with E-state index in [2.05, 4.69) is 48.2 Å². The summed E-state index contributed by atoms with van der Waals surface area (Å²) in [4.78, 5) is 9.79. The lowest BCUT2D eigenvalue weighted by molar-refractivity contribution is -0.0504. The summed E-state index contributed by atoms with van der Waals surface area (Å²) in [7, 11) is 1.66. The standard InChI is InChI=1S/C17H21BrF2N4OS/c1-3-13-10-23-15(26-13)6-7-22-17(21-2)24-9-11-8-12(18)4-5-14(11)25-16(19)20/h4-5,8,10,16H,3,6-7,9H2,1-2H3,(H2,21,22,24). The molecule has 0 aliphatic rings. The molecule has 2 aromatic rings. The number of benzene rings is 1. The third-order valence-electron chi connectivity index (χ3n) is 3.49. The van der Waals surface area contributed by atoms with Crippen molar-refractivity contribution in [1.82, 2.24) is 15.6 Å². The van der Waals surface area contributed by atoms with Crippen molar-refractivity contribution in [1.29, 1.82) is 0 Å². The predicted octanol–water partition coefficient (Wildman–Crippen LogP) is 3.98. The summed E-state index contributed by atoms with van der Waals surface area (Å²) >= 11 is 5.05. The van der Waals surface area contributed by atoms with E-state index in [1.807, 2.05) is 6.20 Å². The van der Waals surface area contributed by atoms with Gasteiger partial charge in [-0.05, 0) is 24.6 Å². The van der Waals surface area contributed by atoms with Gasteiger partial charge in [-0.1, -0.05) is 22.9 Å². The van der Waals surface area contributed by atoms with E-state index in [9.17, 15) is 8.78 Å². The molecule has 0 aliphatic heterocycles. The Morgan fingerprint density at radius 2 is 2.19 bits per heavy atom. The number of halogens is 3. The lowest BCUT2D eigenvalue weighted by atomic mass is 10.2. The zero-order valence-corrected chi connectivity index (χ0v) is 17.0. The molecule has 0 unspecified atom stereocenters. The molecule has 0 fully saturated rings. The first-order valence-corrected chi connectivity index (χ1v) is 9.74. The smallest absolute Gasteiger partial charge is 0.387 e. The maximum atomic E-state index is 12.5. The van der Waals surface area contributed by atoms with Gasteiger partial charge in [-0.3, -0.25) is 4.99 Å². The second-order valence-electron chi connectivity index (χ2n) is 5.31. The van der Waals surface area contributed by atoms with Crippen LogP contribution in [0.4, 0.5) is 8.78 Å². The summed E-state index contributed by atoms with van der Waals surface area (Å²) in [5.74, 6) is 0.723. The van der Waals surface area contributed by atoms with Crippen LogP contribution in [0.15, 0.2) is 33.9 Å². The Balaban J connectivity index is 1.87. The van der Waals surface area contributed by atoms with Crippen LogP contribution < -0.4 is 15.4 Å². The molecule has 1 aromatic heterocycles. The molecule has 9 heteroatoms. The second kappa shape index (κ2) is 10.4. The Bertz CT molecular complexity index is 739. The van der Waals surface area contributed by atoms with Gasteiger partial charge < -0.3 is 15.4 Å². The number of thiazole rings is 1. The largest absolute Gasteiger partial charge is 0.434 e. The summed E-state index contributed by atoms with van der Waals surface area (Å²) in [6, 6.07) is 4.91. The fraction of sp³-hybridized carbons (Fsp3) is 0.412. The quantitative estimate of drug-likeness (QED) is 0.475. The Kier molecular flexibility index (Phi) is 8.24. The van der Waals surface area contributed by atoms with E-state index < -0.39 is 6.61 Å². The van der Waals surface area contributed by atoms with Crippen molar-refractivity contribution in [2.24, 2.45) is 4.99 Å². The highest BCUT2D eigenvalue weighted by Gasteiger charge is 2.11. The zero-order valence-electron chi connectivity index (χ0n) is 14.6. The molecule has 2 N–H and O–H groups in total. The topological polar surface area (TPSA) is 58.5 Å². The highest BCUT2D eigenvalue weighted by Crippen LogP contribution is 2.24. The fourth-order valence-electron chi connectivity index (χ4n) is 2.21. The highest BCUT2D eigenvalue weighted by atomic mass is 79.9. The molecular formula is C17H21BrF2N4OS. The van der Waals surface area contributed by atoms with Crippen molar-refractivity contribution in [3.8, 4) is 5.75 Å². The van der Waals surface area contributed by atoms with Gasteiger partial charge in [0.25, 0.3) is 0 Å². The van der Waals surface area contributed by atoms with E-state index in [1.165, 1.54) is 10.9 Å². The van der Waals surface area contributed by atoms with E-state index in [0.717, 1.165) is 22.3 Å². The van der Waals surface area contributed by atoms with Crippen LogP contribution in [-0.4, -0.2) is 31.1 Å². The van der Waals surface area contributed by atoms with Crippen LogP contribution in [0.1, 0.15) is 22.4 Å². The monoisotopic (exact) mass is 446 g/mol. The van der Waals surface area contributed by atoms with Crippen LogP contribution in [-0.2, 0) is 19.4 Å². The summed E-state index contributed by atoms with van der Waals surface area (Å²) in [5.41, 5.74) is 0.607. The van der Waals surface area contributed by atoms with E-state index in [0.29, 0.717) is 24.6 Å². The van der Waals surface area contributed by atoms with Crippen molar-refractivity contribution < 1.29 is 13.5 Å². The fourth-order valence-corrected chi connectivity index (χ4v) is 3.48. The number of aromatic nitrogens is 1. The number of guanidine groups is 1. The maximum absolute atomic E-state index is 12.5. The van der Waals surface area contributed by atoms with Gasteiger partial charge >= 0.3 is 6.61 Å². The predicted molar refractivity (Wildman–Crippen MR) is 104 cm³/mol. The number of nitrogens with one attached hydrogen (secondary N) is 2. The molecule has 0 atom stereocenters. The minimum atomic E-state index is -2.86. The van der Waals surface area contributed by atoms with E-state index in [4.69, 9.17) is 0 Å². The molecule has 0 saturated carbocycles.